The van der Waals surface area contributed by atoms with Gasteiger partial charge in [0.2, 0.25) is 0 Å². The average molecular weight is 429 g/mol. The van der Waals surface area contributed by atoms with Crippen LogP contribution in [0.4, 0.5) is 17.6 Å². The largest absolute Gasteiger partial charge is 0.573 e. The molecule has 10 heteroatoms. The summed E-state index contributed by atoms with van der Waals surface area (Å²) in [6.45, 7) is 1.45. The summed E-state index contributed by atoms with van der Waals surface area (Å²) < 4.78 is 71.3. The van der Waals surface area contributed by atoms with Gasteiger partial charge < -0.3 is 23.8 Å². The fourth-order valence-corrected chi connectivity index (χ4v) is 3.23. The summed E-state index contributed by atoms with van der Waals surface area (Å²) in [6.07, 6.45) is -6.70. The first-order chi connectivity index (χ1) is 14.1. The van der Waals surface area contributed by atoms with Gasteiger partial charge in [-0.2, -0.15) is 0 Å². The predicted octanol–water partition coefficient (Wildman–Crippen LogP) is 4.19. The topological polar surface area (TPSA) is 57.2 Å². The molecule has 0 radical (unpaired) electrons. The molecule has 30 heavy (non-hydrogen) atoms. The SMILES string of the molecule is COc1cccc(OC)c1[C@H]1OC(C)C(=O)N1Cc1ccc(OC(F)(F)F)c(F)c1. The van der Waals surface area contributed by atoms with Crippen LogP contribution in [0, 0.1) is 5.82 Å². The zero-order valence-corrected chi connectivity index (χ0v) is 16.3. The lowest BCUT2D eigenvalue weighted by Crippen LogP contribution is -2.30. The minimum absolute atomic E-state index is 0.113. The van der Waals surface area contributed by atoms with Crippen molar-refractivity contribution in [1.82, 2.24) is 4.90 Å². The third-order valence-electron chi connectivity index (χ3n) is 4.53. The molecule has 0 aliphatic carbocycles. The second-order valence-electron chi connectivity index (χ2n) is 6.49. The van der Waals surface area contributed by atoms with E-state index in [4.69, 9.17) is 14.2 Å². The summed E-state index contributed by atoms with van der Waals surface area (Å²) >= 11 is 0. The second kappa shape index (κ2) is 8.39. The maximum absolute atomic E-state index is 14.1. The number of alkyl halides is 3. The molecular weight excluding hydrogens is 410 g/mol. The zero-order valence-electron chi connectivity index (χ0n) is 16.3. The molecule has 1 amide bonds. The van der Waals surface area contributed by atoms with E-state index in [1.165, 1.54) is 25.2 Å². The summed E-state index contributed by atoms with van der Waals surface area (Å²) in [5.74, 6) is -1.68. The van der Waals surface area contributed by atoms with Crippen molar-refractivity contribution < 1.29 is 41.3 Å². The van der Waals surface area contributed by atoms with Gasteiger partial charge in [0.1, 0.15) is 17.6 Å². The van der Waals surface area contributed by atoms with E-state index < -0.39 is 30.3 Å². The van der Waals surface area contributed by atoms with Gasteiger partial charge in [-0.1, -0.05) is 12.1 Å². The smallest absolute Gasteiger partial charge is 0.496 e. The third-order valence-corrected chi connectivity index (χ3v) is 4.53. The molecule has 6 nitrogen and oxygen atoms in total. The Morgan fingerprint density at radius 1 is 1.07 bits per heavy atom. The fraction of sp³-hybridized carbons (Fsp3) is 0.350. The summed E-state index contributed by atoms with van der Waals surface area (Å²) in [7, 11) is 2.91. The van der Waals surface area contributed by atoms with Crippen LogP contribution in [0.15, 0.2) is 36.4 Å². The van der Waals surface area contributed by atoms with Gasteiger partial charge in [-0.3, -0.25) is 4.79 Å². The summed E-state index contributed by atoms with van der Waals surface area (Å²) in [6, 6.07) is 8.05. The summed E-state index contributed by atoms with van der Waals surface area (Å²) in [5, 5.41) is 0. The molecule has 0 aromatic heterocycles. The van der Waals surface area contributed by atoms with Crippen LogP contribution < -0.4 is 14.2 Å². The van der Waals surface area contributed by atoms with Crippen LogP contribution in [0.2, 0.25) is 0 Å². The van der Waals surface area contributed by atoms with Crippen LogP contribution in [-0.2, 0) is 16.1 Å². The number of methoxy groups -OCH3 is 2. The van der Waals surface area contributed by atoms with Crippen molar-refractivity contribution in [2.24, 2.45) is 0 Å². The lowest BCUT2D eigenvalue weighted by atomic mass is 10.1. The number of nitrogens with zero attached hydrogens (tertiary/aromatic N) is 1. The van der Waals surface area contributed by atoms with Gasteiger partial charge in [0.25, 0.3) is 5.91 Å². The van der Waals surface area contributed by atoms with Gasteiger partial charge in [-0.25, -0.2) is 4.39 Å². The Labute approximate surface area is 169 Å². The number of ether oxygens (including phenoxy) is 4. The van der Waals surface area contributed by atoms with Crippen LogP contribution in [-0.4, -0.2) is 37.5 Å². The highest BCUT2D eigenvalue weighted by Gasteiger charge is 2.41. The highest BCUT2D eigenvalue weighted by Crippen LogP contribution is 2.42. The van der Waals surface area contributed by atoms with Crippen LogP contribution >= 0.6 is 0 Å². The minimum Gasteiger partial charge on any atom is -0.496 e. The number of benzene rings is 2. The van der Waals surface area contributed by atoms with E-state index in [1.54, 1.807) is 25.1 Å². The zero-order chi connectivity index (χ0) is 22.1. The van der Waals surface area contributed by atoms with Gasteiger partial charge in [-0.05, 0) is 36.8 Å². The number of halogens is 4. The molecule has 1 unspecified atom stereocenters. The van der Waals surface area contributed by atoms with Crippen LogP contribution in [0.25, 0.3) is 0 Å². The maximum Gasteiger partial charge on any atom is 0.573 e. The Morgan fingerprint density at radius 3 is 2.23 bits per heavy atom. The lowest BCUT2D eigenvalue weighted by molar-refractivity contribution is -0.275. The van der Waals surface area contributed by atoms with E-state index in [2.05, 4.69) is 4.74 Å². The number of hydrogen-bond acceptors (Lipinski definition) is 5. The molecule has 0 saturated carbocycles. The van der Waals surface area contributed by atoms with E-state index in [1.807, 2.05) is 0 Å². The fourth-order valence-electron chi connectivity index (χ4n) is 3.23. The van der Waals surface area contributed by atoms with E-state index in [9.17, 15) is 22.4 Å². The Bertz CT molecular complexity index is 912. The van der Waals surface area contributed by atoms with Gasteiger partial charge in [-0.15, -0.1) is 13.2 Å². The highest BCUT2D eigenvalue weighted by molar-refractivity contribution is 5.83. The normalized spacial score (nSPS) is 19.2. The molecule has 2 aromatic carbocycles. The van der Waals surface area contributed by atoms with Crippen LogP contribution in [0.5, 0.6) is 17.2 Å². The molecule has 2 aromatic rings. The van der Waals surface area contributed by atoms with E-state index in [-0.39, 0.29) is 18.0 Å². The molecule has 162 valence electrons. The van der Waals surface area contributed by atoms with E-state index >= 15 is 0 Å². The van der Waals surface area contributed by atoms with E-state index in [0.717, 1.165) is 12.1 Å². The molecule has 1 aliphatic heterocycles. The van der Waals surface area contributed by atoms with Crippen LogP contribution in [0.1, 0.15) is 24.3 Å². The number of rotatable bonds is 6. The number of amides is 1. The third kappa shape index (κ3) is 4.43. The maximum atomic E-state index is 14.1. The first-order valence-corrected chi connectivity index (χ1v) is 8.85. The van der Waals surface area contributed by atoms with Crippen molar-refractivity contribution >= 4 is 5.91 Å². The van der Waals surface area contributed by atoms with Crippen molar-refractivity contribution in [3.63, 3.8) is 0 Å². The number of hydrogen-bond donors (Lipinski definition) is 0. The second-order valence-corrected chi connectivity index (χ2v) is 6.49. The molecule has 1 heterocycles. The van der Waals surface area contributed by atoms with Crippen LogP contribution in [0.3, 0.4) is 0 Å². The van der Waals surface area contributed by atoms with Crippen molar-refractivity contribution in [2.75, 3.05) is 14.2 Å². The molecule has 0 N–H and O–H groups in total. The van der Waals surface area contributed by atoms with Gasteiger partial charge in [0.15, 0.2) is 17.8 Å². The lowest BCUT2D eigenvalue weighted by Gasteiger charge is -2.26. The molecule has 3 rings (SSSR count). The first-order valence-electron chi connectivity index (χ1n) is 8.85. The van der Waals surface area contributed by atoms with Crippen molar-refractivity contribution in [2.45, 2.75) is 32.2 Å². The van der Waals surface area contributed by atoms with Crippen molar-refractivity contribution in [3.8, 4) is 17.2 Å². The first kappa shape index (κ1) is 21.7. The number of carbonyl (C=O) groups excluding carboxylic acids is 1. The molecule has 0 bridgehead atoms. The van der Waals surface area contributed by atoms with Gasteiger partial charge >= 0.3 is 6.36 Å². The van der Waals surface area contributed by atoms with E-state index in [0.29, 0.717) is 17.1 Å². The molecule has 0 spiro atoms. The van der Waals surface area contributed by atoms with Crippen molar-refractivity contribution in [3.05, 3.63) is 53.3 Å². The van der Waals surface area contributed by atoms with Gasteiger partial charge in [0, 0.05) is 6.54 Å². The highest BCUT2D eigenvalue weighted by atomic mass is 19.4. The predicted molar refractivity (Wildman–Crippen MR) is 96.5 cm³/mol. The van der Waals surface area contributed by atoms with Crippen molar-refractivity contribution in [1.29, 1.82) is 0 Å². The molecule has 2 atom stereocenters. The molecule has 1 fully saturated rings. The van der Waals surface area contributed by atoms with Gasteiger partial charge in [0.05, 0.1) is 19.8 Å². The quantitative estimate of drug-likeness (QED) is 0.645. The Morgan fingerprint density at radius 2 is 1.70 bits per heavy atom. The average Bonchev–Trinajstić information content (AvgIpc) is 2.96. The minimum atomic E-state index is -5.01. The standard InChI is InChI=1S/C20H19F4NO5/c1-11-18(26)25(10-12-7-8-14(13(21)9-12)30-20(22,23)24)19(29-11)17-15(27-2)5-4-6-16(17)28-3/h4-9,11,19H,10H2,1-3H3/t11?,19-/m1/s1. The Balaban J connectivity index is 1.93. The molecule has 1 aliphatic rings. The number of carbonyl (C=O) groups is 1. The summed E-state index contributed by atoms with van der Waals surface area (Å²) in [4.78, 5) is 14.0. The monoisotopic (exact) mass is 429 g/mol. The summed E-state index contributed by atoms with van der Waals surface area (Å²) in [5.41, 5.74) is 0.727. The Kier molecular flexibility index (Phi) is 6.06. The Hall–Kier alpha value is -3.01. The molecule has 1 saturated heterocycles. The molecular formula is C20H19F4NO5.